The smallest absolute Gasteiger partial charge is 0.192 e. The summed E-state index contributed by atoms with van der Waals surface area (Å²) in [5.74, 6) is 1.55. The van der Waals surface area contributed by atoms with Gasteiger partial charge in [-0.1, -0.05) is 13.8 Å². The van der Waals surface area contributed by atoms with Crippen molar-refractivity contribution in [3.63, 3.8) is 0 Å². The molecule has 4 aliphatic carbocycles. The molecular formula is C21H32O4. The summed E-state index contributed by atoms with van der Waals surface area (Å²) in [5, 5.41) is 21.1. The molecule has 1 aliphatic heterocycles. The van der Waals surface area contributed by atoms with Crippen molar-refractivity contribution in [1.29, 1.82) is 0 Å². The van der Waals surface area contributed by atoms with Gasteiger partial charge in [0.2, 0.25) is 0 Å². The number of aliphatic hydroxyl groups is 2. The van der Waals surface area contributed by atoms with E-state index < -0.39 is 11.9 Å². The third-order valence-electron chi connectivity index (χ3n) is 9.49. The Hall–Kier alpha value is -0.450. The van der Waals surface area contributed by atoms with E-state index in [0.717, 1.165) is 32.1 Å². The van der Waals surface area contributed by atoms with Crippen LogP contribution in [0.4, 0.5) is 0 Å². The number of ketones is 1. The molecule has 25 heavy (non-hydrogen) atoms. The fraction of sp³-hybridized carbons (Fsp3) is 0.952. The Labute approximate surface area is 150 Å². The number of Topliss-reactive ketones (excluding diaryl/α,β-unsaturated/α-hetero) is 1. The molecule has 1 spiro atoms. The van der Waals surface area contributed by atoms with Crippen molar-refractivity contribution in [1.82, 2.24) is 0 Å². The molecule has 5 aliphatic rings. The van der Waals surface area contributed by atoms with Gasteiger partial charge in [-0.3, -0.25) is 4.79 Å². The molecule has 5 rings (SSSR count). The molecule has 5 fully saturated rings. The normalized spacial score (nSPS) is 60.1. The number of hydrogen-bond acceptors (Lipinski definition) is 4. The third kappa shape index (κ3) is 1.92. The van der Waals surface area contributed by atoms with Crippen LogP contribution in [0.2, 0.25) is 0 Å². The molecule has 9 atom stereocenters. The molecule has 0 aromatic heterocycles. The summed E-state index contributed by atoms with van der Waals surface area (Å²) in [5.41, 5.74) is 0.214. The average molecular weight is 348 g/mol. The molecule has 1 heterocycles. The molecule has 0 aromatic carbocycles. The molecular weight excluding hydrogens is 316 g/mol. The lowest BCUT2D eigenvalue weighted by molar-refractivity contribution is -0.242. The average Bonchev–Trinajstić information content (AvgIpc) is 3.02. The SMILES string of the molecule is CC[C@H]1C(=O)C[C@H]2[C@H]3CC[C@@H]4C[C@@H](O)[C@]5(O)C[C@]4(CO5)[C@@H]3CC[C@]12C. The Balaban J connectivity index is 1.50. The van der Waals surface area contributed by atoms with Crippen molar-refractivity contribution < 1.29 is 19.7 Å². The summed E-state index contributed by atoms with van der Waals surface area (Å²) >= 11 is 0. The number of hydrogen-bond donors (Lipinski definition) is 2. The van der Waals surface area contributed by atoms with Gasteiger partial charge < -0.3 is 14.9 Å². The number of aliphatic hydroxyl groups excluding tert-OH is 1. The summed E-state index contributed by atoms with van der Waals surface area (Å²) in [7, 11) is 0. The molecule has 0 aromatic rings. The first-order chi connectivity index (χ1) is 11.8. The zero-order valence-corrected chi connectivity index (χ0v) is 15.5. The van der Waals surface area contributed by atoms with Crippen LogP contribution in [-0.4, -0.2) is 34.5 Å². The number of carbonyl (C=O) groups is 1. The van der Waals surface area contributed by atoms with Gasteiger partial charge in [-0.15, -0.1) is 0 Å². The van der Waals surface area contributed by atoms with E-state index in [1.807, 2.05) is 0 Å². The van der Waals surface area contributed by atoms with E-state index in [9.17, 15) is 15.0 Å². The van der Waals surface area contributed by atoms with Gasteiger partial charge in [-0.2, -0.15) is 0 Å². The van der Waals surface area contributed by atoms with Crippen molar-refractivity contribution in [2.24, 2.45) is 40.4 Å². The quantitative estimate of drug-likeness (QED) is 0.765. The van der Waals surface area contributed by atoms with Crippen molar-refractivity contribution >= 4 is 5.78 Å². The topological polar surface area (TPSA) is 66.8 Å². The van der Waals surface area contributed by atoms with E-state index in [1.165, 1.54) is 6.42 Å². The molecule has 2 N–H and O–H groups in total. The van der Waals surface area contributed by atoms with Gasteiger partial charge in [-0.05, 0) is 67.6 Å². The standard InChI is InChI=1S/C21H32O4/c1-3-14-17(22)9-16-13-5-4-12-8-18(23)21(24)10-20(12,11-25-21)15(13)6-7-19(14,16)2/h12-16,18,23-24H,3-11H2,1-2H3/t12-,13+,14+,15-,16+,18-,19-,20-,21+/m1/s1. The van der Waals surface area contributed by atoms with Crippen LogP contribution in [0.25, 0.3) is 0 Å². The minimum atomic E-state index is -1.32. The number of fused-ring (bicyclic) bond motifs is 4. The van der Waals surface area contributed by atoms with Gasteiger partial charge in [0.25, 0.3) is 0 Å². The lowest BCUT2D eigenvalue weighted by Gasteiger charge is -2.60. The summed E-state index contributed by atoms with van der Waals surface area (Å²) < 4.78 is 5.82. The van der Waals surface area contributed by atoms with Gasteiger partial charge in [0.15, 0.2) is 5.79 Å². The predicted octanol–water partition coefficient (Wildman–Crippen LogP) is 2.90. The summed E-state index contributed by atoms with van der Waals surface area (Å²) in [4.78, 5) is 12.7. The Morgan fingerprint density at radius 2 is 2.04 bits per heavy atom. The van der Waals surface area contributed by atoms with Crippen LogP contribution in [-0.2, 0) is 9.53 Å². The molecule has 0 unspecified atom stereocenters. The van der Waals surface area contributed by atoms with Crippen LogP contribution in [0, 0.1) is 40.4 Å². The number of carbonyl (C=O) groups excluding carboxylic acids is 1. The van der Waals surface area contributed by atoms with Crippen LogP contribution in [0.15, 0.2) is 0 Å². The minimum absolute atomic E-state index is 0.0333. The highest BCUT2D eigenvalue weighted by Gasteiger charge is 2.68. The predicted molar refractivity (Wildman–Crippen MR) is 92.5 cm³/mol. The second-order valence-corrected chi connectivity index (χ2v) is 10.1. The summed E-state index contributed by atoms with van der Waals surface area (Å²) in [6.45, 7) is 5.15. The second kappa shape index (κ2) is 5.08. The van der Waals surface area contributed by atoms with Crippen LogP contribution in [0.1, 0.15) is 65.2 Å². The van der Waals surface area contributed by atoms with Gasteiger partial charge in [-0.25, -0.2) is 0 Å². The first kappa shape index (κ1) is 16.7. The second-order valence-electron chi connectivity index (χ2n) is 10.1. The molecule has 0 radical (unpaired) electrons. The summed E-state index contributed by atoms with van der Waals surface area (Å²) in [6, 6.07) is 0. The van der Waals surface area contributed by atoms with Crippen molar-refractivity contribution in [2.75, 3.05) is 6.61 Å². The van der Waals surface area contributed by atoms with Crippen molar-refractivity contribution in [2.45, 2.75) is 77.1 Å². The van der Waals surface area contributed by atoms with Crippen LogP contribution in [0.5, 0.6) is 0 Å². The van der Waals surface area contributed by atoms with Gasteiger partial charge >= 0.3 is 0 Å². The van der Waals surface area contributed by atoms with Crippen LogP contribution in [0.3, 0.4) is 0 Å². The lowest BCUT2D eigenvalue weighted by Crippen LogP contribution is -2.58. The van der Waals surface area contributed by atoms with E-state index in [4.69, 9.17) is 4.74 Å². The molecule has 4 heteroatoms. The maximum Gasteiger partial charge on any atom is 0.192 e. The Bertz CT molecular complexity index is 605. The first-order valence-corrected chi connectivity index (χ1v) is 10.4. The maximum absolute atomic E-state index is 12.7. The van der Waals surface area contributed by atoms with E-state index in [-0.39, 0.29) is 16.7 Å². The minimum Gasteiger partial charge on any atom is -0.388 e. The number of ether oxygens (including phenoxy) is 1. The van der Waals surface area contributed by atoms with Crippen molar-refractivity contribution in [3.8, 4) is 0 Å². The zero-order valence-electron chi connectivity index (χ0n) is 15.5. The van der Waals surface area contributed by atoms with Crippen LogP contribution >= 0.6 is 0 Å². The molecule has 2 bridgehead atoms. The Kier molecular flexibility index (Phi) is 3.39. The molecule has 1 saturated heterocycles. The van der Waals surface area contributed by atoms with E-state index in [0.29, 0.717) is 48.9 Å². The fourth-order valence-electron chi connectivity index (χ4n) is 8.33. The monoisotopic (exact) mass is 348 g/mol. The summed E-state index contributed by atoms with van der Waals surface area (Å²) in [6.07, 6.45) is 6.89. The van der Waals surface area contributed by atoms with Crippen molar-refractivity contribution in [3.05, 3.63) is 0 Å². The molecule has 4 saturated carbocycles. The van der Waals surface area contributed by atoms with E-state index in [2.05, 4.69) is 13.8 Å². The largest absolute Gasteiger partial charge is 0.388 e. The van der Waals surface area contributed by atoms with Gasteiger partial charge in [0.05, 0.1) is 6.61 Å². The molecule has 0 amide bonds. The van der Waals surface area contributed by atoms with E-state index >= 15 is 0 Å². The van der Waals surface area contributed by atoms with Gasteiger partial charge in [0, 0.05) is 24.2 Å². The third-order valence-corrected chi connectivity index (χ3v) is 9.49. The molecule has 4 nitrogen and oxygen atoms in total. The highest BCUT2D eigenvalue weighted by molar-refractivity contribution is 5.84. The Morgan fingerprint density at radius 1 is 1.24 bits per heavy atom. The highest BCUT2D eigenvalue weighted by atomic mass is 16.6. The molecule has 140 valence electrons. The van der Waals surface area contributed by atoms with Crippen LogP contribution < -0.4 is 0 Å². The van der Waals surface area contributed by atoms with E-state index in [1.54, 1.807) is 0 Å². The number of rotatable bonds is 1. The fourth-order valence-corrected chi connectivity index (χ4v) is 8.33. The first-order valence-electron chi connectivity index (χ1n) is 10.4. The maximum atomic E-state index is 12.7. The Morgan fingerprint density at radius 3 is 2.80 bits per heavy atom. The zero-order chi connectivity index (χ0) is 17.6. The lowest BCUT2D eigenvalue weighted by atomic mass is 9.44. The van der Waals surface area contributed by atoms with Gasteiger partial charge in [0.1, 0.15) is 11.9 Å². The highest BCUT2D eigenvalue weighted by Crippen LogP contribution is 2.69.